The third-order valence-corrected chi connectivity index (χ3v) is 3.21. The Bertz CT molecular complexity index is 646. The van der Waals surface area contributed by atoms with Gasteiger partial charge >= 0.3 is 0 Å². The van der Waals surface area contributed by atoms with Crippen LogP contribution in [0.15, 0.2) is 12.1 Å². The molecule has 19 heavy (non-hydrogen) atoms. The lowest BCUT2D eigenvalue weighted by Gasteiger charge is -2.08. The van der Waals surface area contributed by atoms with Crippen molar-refractivity contribution < 1.29 is 9.90 Å². The lowest BCUT2D eigenvalue weighted by atomic mass is 10.1. The molecule has 0 fully saturated rings. The summed E-state index contributed by atoms with van der Waals surface area (Å²) in [6.07, 6.45) is 0. The van der Waals surface area contributed by atoms with Crippen LogP contribution in [0.1, 0.15) is 15.9 Å². The summed E-state index contributed by atoms with van der Waals surface area (Å²) in [7, 11) is 0. The van der Waals surface area contributed by atoms with Gasteiger partial charge in [-0.25, -0.2) is 9.97 Å². The molecule has 0 saturated carbocycles. The molecule has 2 N–H and O–H groups in total. The van der Waals surface area contributed by atoms with Crippen LogP contribution in [0.3, 0.4) is 0 Å². The highest BCUT2D eigenvalue weighted by atomic mass is 35.5. The number of hydrogen-bond acceptors (Lipinski definition) is 4. The molecule has 2 rings (SSSR count). The van der Waals surface area contributed by atoms with Gasteiger partial charge in [0.25, 0.3) is 5.91 Å². The van der Waals surface area contributed by atoms with Crippen LogP contribution >= 0.6 is 23.2 Å². The second-order valence-electron chi connectivity index (χ2n) is 3.91. The van der Waals surface area contributed by atoms with Gasteiger partial charge in [-0.05, 0) is 18.6 Å². The van der Waals surface area contributed by atoms with Crippen molar-refractivity contribution in [1.29, 1.82) is 0 Å². The summed E-state index contributed by atoms with van der Waals surface area (Å²) in [5, 5.41) is 11.4. The Balaban J connectivity index is 2.59. The van der Waals surface area contributed by atoms with Gasteiger partial charge in [-0.2, -0.15) is 0 Å². The number of rotatable bonds is 3. The number of hydrogen-bond donors (Lipinski definition) is 2. The lowest BCUT2D eigenvalue weighted by molar-refractivity contribution is 0.0946. The first-order valence-corrected chi connectivity index (χ1v) is 6.31. The number of nitrogens with one attached hydrogen (secondary N) is 1. The molecular weight excluding hydrogens is 289 g/mol. The number of halogens is 2. The largest absolute Gasteiger partial charge is 0.395 e. The van der Waals surface area contributed by atoms with E-state index >= 15 is 0 Å². The molecule has 0 aliphatic rings. The average molecular weight is 300 g/mol. The van der Waals surface area contributed by atoms with Crippen LogP contribution in [0.25, 0.3) is 11.0 Å². The predicted octanol–water partition coefficient (Wildman–Crippen LogP) is 1.97. The molecule has 5 nitrogen and oxygen atoms in total. The highest BCUT2D eigenvalue weighted by Gasteiger charge is 2.15. The van der Waals surface area contributed by atoms with Crippen LogP contribution in [0.4, 0.5) is 0 Å². The van der Waals surface area contributed by atoms with Gasteiger partial charge in [0.1, 0.15) is 5.52 Å². The van der Waals surface area contributed by atoms with Crippen LogP contribution in [-0.4, -0.2) is 34.1 Å². The summed E-state index contributed by atoms with van der Waals surface area (Å²) in [5.74, 6) is -0.341. The van der Waals surface area contributed by atoms with E-state index in [9.17, 15) is 4.79 Å². The lowest BCUT2D eigenvalue weighted by Crippen LogP contribution is -2.26. The molecule has 0 aliphatic carbocycles. The third-order valence-electron chi connectivity index (χ3n) is 2.59. The smallest absolute Gasteiger partial charge is 0.253 e. The highest BCUT2D eigenvalue weighted by Crippen LogP contribution is 2.25. The standard InChI is InChI=1S/C12H11Cl2N3O2/c1-6-2-3-7(12(19)15-4-5-18)9-8(6)16-10(13)11(14)17-9/h2-3,18H,4-5H2,1H3,(H,15,19). The number of amides is 1. The van der Waals surface area contributed by atoms with Crippen molar-refractivity contribution in [3.8, 4) is 0 Å². The van der Waals surface area contributed by atoms with Crippen molar-refractivity contribution in [2.45, 2.75) is 6.92 Å². The number of carbonyl (C=O) groups is 1. The zero-order chi connectivity index (χ0) is 14.0. The molecule has 0 radical (unpaired) electrons. The molecule has 2 aromatic rings. The Morgan fingerprint density at radius 1 is 1.26 bits per heavy atom. The molecule has 100 valence electrons. The summed E-state index contributed by atoms with van der Waals surface area (Å²) in [4.78, 5) is 20.2. The van der Waals surface area contributed by atoms with E-state index in [0.29, 0.717) is 16.6 Å². The fourth-order valence-corrected chi connectivity index (χ4v) is 1.92. The molecule has 0 atom stereocenters. The Kier molecular flexibility index (Phi) is 4.19. The van der Waals surface area contributed by atoms with Crippen LogP contribution in [-0.2, 0) is 0 Å². The van der Waals surface area contributed by atoms with Gasteiger partial charge in [0.15, 0.2) is 10.3 Å². The topological polar surface area (TPSA) is 75.1 Å². The number of aromatic nitrogens is 2. The second kappa shape index (κ2) is 5.69. The number of aliphatic hydroxyl groups excluding tert-OH is 1. The Morgan fingerprint density at radius 3 is 2.53 bits per heavy atom. The summed E-state index contributed by atoms with van der Waals surface area (Å²) in [5.41, 5.74) is 2.12. The van der Waals surface area contributed by atoms with Gasteiger partial charge in [-0.3, -0.25) is 4.79 Å². The van der Waals surface area contributed by atoms with Gasteiger partial charge in [0.2, 0.25) is 0 Å². The zero-order valence-corrected chi connectivity index (χ0v) is 11.6. The number of aryl methyl sites for hydroxylation is 1. The molecule has 0 unspecified atom stereocenters. The Hall–Kier alpha value is -1.43. The van der Waals surface area contributed by atoms with Gasteiger partial charge < -0.3 is 10.4 Å². The van der Waals surface area contributed by atoms with Crippen LogP contribution in [0, 0.1) is 6.92 Å². The molecular formula is C12H11Cl2N3O2. The molecule has 7 heteroatoms. The molecule has 1 heterocycles. The maximum atomic E-state index is 12.0. The van der Waals surface area contributed by atoms with Gasteiger partial charge in [0.05, 0.1) is 17.7 Å². The minimum absolute atomic E-state index is 0.0518. The van der Waals surface area contributed by atoms with E-state index in [2.05, 4.69) is 15.3 Å². The maximum absolute atomic E-state index is 12.0. The molecule has 1 aromatic heterocycles. The average Bonchev–Trinajstić information content (AvgIpc) is 2.39. The van der Waals surface area contributed by atoms with Gasteiger partial charge in [-0.15, -0.1) is 0 Å². The molecule has 0 aliphatic heterocycles. The molecule has 1 aromatic carbocycles. The van der Waals surface area contributed by atoms with E-state index < -0.39 is 0 Å². The Labute approximate surface area is 119 Å². The van der Waals surface area contributed by atoms with E-state index in [0.717, 1.165) is 5.56 Å². The molecule has 0 bridgehead atoms. The first-order chi connectivity index (χ1) is 9.04. The summed E-state index contributed by atoms with van der Waals surface area (Å²) in [6.45, 7) is 1.88. The van der Waals surface area contributed by atoms with E-state index in [1.807, 2.05) is 6.92 Å². The van der Waals surface area contributed by atoms with Gasteiger partial charge in [0, 0.05) is 6.54 Å². The molecule has 0 saturated heterocycles. The normalized spacial score (nSPS) is 10.7. The van der Waals surface area contributed by atoms with Crippen molar-refractivity contribution in [2.75, 3.05) is 13.2 Å². The first kappa shape index (κ1) is 14.0. The third kappa shape index (κ3) is 2.78. The Morgan fingerprint density at radius 2 is 1.89 bits per heavy atom. The van der Waals surface area contributed by atoms with Gasteiger partial charge in [-0.1, -0.05) is 29.3 Å². The van der Waals surface area contributed by atoms with Crippen molar-refractivity contribution in [2.24, 2.45) is 0 Å². The van der Waals surface area contributed by atoms with Crippen molar-refractivity contribution in [3.05, 3.63) is 33.6 Å². The number of carbonyl (C=O) groups excluding carboxylic acids is 1. The van der Waals surface area contributed by atoms with Crippen molar-refractivity contribution >= 4 is 40.1 Å². The number of aliphatic hydroxyl groups is 1. The van der Waals surface area contributed by atoms with Crippen molar-refractivity contribution in [1.82, 2.24) is 15.3 Å². The van der Waals surface area contributed by atoms with E-state index in [1.165, 1.54) is 0 Å². The fraction of sp³-hybridized carbons (Fsp3) is 0.250. The zero-order valence-electron chi connectivity index (χ0n) is 10.1. The number of fused-ring (bicyclic) bond motifs is 1. The van der Waals surface area contributed by atoms with E-state index in [-0.39, 0.29) is 29.4 Å². The number of benzene rings is 1. The van der Waals surface area contributed by atoms with Crippen LogP contribution in [0.5, 0.6) is 0 Å². The fourth-order valence-electron chi connectivity index (χ4n) is 1.67. The van der Waals surface area contributed by atoms with E-state index in [1.54, 1.807) is 12.1 Å². The minimum atomic E-state index is -0.341. The summed E-state index contributed by atoms with van der Waals surface area (Å²) in [6, 6.07) is 3.40. The predicted molar refractivity (Wildman–Crippen MR) is 73.7 cm³/mol. The highest BCUT2D eigenvalue weighted by molar-refractivity contribution is 6.40. The number of nitrogens with zero attached hydrogens (tertiary/aromatic N) is 2. The summed E-state index contributed by atoms with van der Waals surface area (Å²) < 4.78 is 0. The summed E-state index contributed by atoms with van der Waals surface area (Å²) >= 11 is 11.7. The molecule has 0 spiro atoms. The molecule has 1 amide bonds. The van der Waals surface area contributed by atoms with Crippen molar-refractivity contribution in [3.63, 3.8) is 0 Å². The quantitative estimate of drug-likeness (QED) is 0.908. The first-order valence-electron chi connectivity index (χ1n) is 5.56. The van der Waals surface area contributed by atoms with E-state index in [4.69, 9.17) is 28.3 Å². The minimum Gasteiger partial charge on any atom is -0.395 e. The second-order valence-corrected chi connectivity index (χ2v) is 4.63. The maximum Gasteiger partial charge on any atom is 0.253 e. The SMILES string of the molecule is Cc1ccc(C(=O)NCCO)c2nc(Cl)c(Cl)nc12. The van der Waals surface area contributed by atoms with Crippen LogP contribution in [0.2, 0.25) is 10.3 Å². The van der Waals surface area contributed by atoms with Crippen LogP contribution < -0.4 is 5.32 Å². The monoisotopic (exact) mass is 299 g/mol.